The number of aromatic nitrogens is 2. The van der Waals surface area contributed by atoms with Crippen LogP contribution in [0.1, 0.15) is 5.56 Å². The van der Waals surface area contributed by atoms with E-state index in [-0.39, 0.29) is 17.2 Å². The number of hydrogen-bond acceptors (Lipinski definition) is 5. The molecule has 0 fully saturated rings. The maximum Gasteiger partial charge on any atom is 0.260 e. The summed E-state index contributed by atoms with van der Waals surface area (Å²) < 4.78 is 0. The van der Waals surface area contributed by atoms with Crippen molar-refractivity contribution in [2.24, 2.45) is 0 Å². The van der Waals surface area contributed by atoms with E-state index in [2.05, 4.69) is 15.3 Å². The fourth-order valence-electron chi connectivity index (χ4n) is 2.81. The van der Waals surface area contributed by atoms with Crippen molar-refractivity contribution in [2.75, 3.05) is 11.1 Å². The van der Waals surface area contributed by atoms with Gasteiger partial charge in [-0.2, -0.15) is 0 Å². The maximum absolute atomic E-state index is 12.7. The Morgan fingerprint density at radius 2 is 1.90 bits per heavy atom. The zero-order chi connectivity index (χ0) is 20.4. The summed E-state index contributed by atoms with van der Waals surface area (Å²) in [7, 11) is 0. The van der Waals surface area contributed by atoms with Crippen molar-refractivity contribution in [1.29, 1.82) is 0 Å². The molecule has 1 amide bonds. The van der Waals surface area contributed by atoms with Crippen molar-refractivity contribution in [3.8, 4) is 11.1 Å². The summed E-state index contributed by atoms with van der Waals surface area (Å²) in [5.74, 6) is -0.0561. The number of carbonyl (C=O) groups excluding carboxylic acids is 1. The third-order valence-electron chi connectivity index (χ3n) is 4.25. The van der Waals surface area contributed by atoms with Gasteiger partial charge in [0.2, 0.25) is 5.91 Å². The Morgan fingerprint density at radius 3 is 2.62 bits per heavy atom. The van der Waals surface area contributed by atoms with E-state index in [1.165, 1.54) is 23.1 Å². The van der Waals surface area contributed by atoms with Gasteiger partial charge in [0.25, 0.3) is 5.56 Å². The third-order valence-corrected chi connectivity index (χ3v) is 6.25. The number of anilines is 1. The van der Waals surface area contributed by atoms with E-state index < -0.39 is 0 Å². The number of nitrogens with one attached hydrogen (secondary N) is 2. The third kappa shape index (κ3) is 4.53. The predicted octanol–water partition coefficient (Wildman–Crippen LogP) is 5.34. The van der Waals surface area contributed by atoms with Crippen LogP contribution in [0.2, 0.25) is 5.02 Å². The number of aryl methyl sites for hydroxylation is 1. The molecule has 2 heterocycles. The van der Waals surface area contributed by atoms with Crippen molar-refractivity contribution in [2.45, 2.75) is 12.1 Å². The Morgan fingerprint density at radius 1 is 1.17 bits per heavy atom. The number of amides is 1. The fraction of sp³-hybridized carbons (Fsp3) is 0.0952. The van der Waals surface area contributed by atoms with Crippen LogP contribution in [0.3, 0.4) is 0 Å². The van der Waals surface area contributed by atoms with Crippen molar-refractivity contribution < 1.29 is 4.79 Å². The summed E-state index contributed by atoms with van der Waals surface area (Å²) in [6.07, 6.45) is 0. The van der Waals surface area contributed by atoms with E-state index in [0.717, 1.165) is 16.7 Å². The largest absolute Gasteiger partial charge is 0.325 e. The second-order valence-electron chi connectivity index (χ2n) is 6.41. The normalized spacial score (nSPS) is 11.0. The SMILES string of the molecule is Cc1ccc(-c2csc3nc(SCC(=O)Nc4ccc(Cl)cc4)[nH]c(=O)c23)cc1. The first-order valence-corrected chi connectivity index (χ1v) is 11.0. The number of aromatic amines is 1. The van der Waals surface area contributed by atoms with Crippen molar-refractivity contribution in [3.05, 3.63) is 74.9 Å². The maximum atomic E-state index is 12.7. The monoisotopic (exact) mass is 441 g/mol. The second-order valence-corrected chi connectivity index (χ2v) is 8.67. The summed E-state index contributed by atoms with van der Waals surface area (Å²) in [4.78, 5) is 32.8. The van der Waals surface area contributed by atoms with Gasteiger partial charge in [-0.15, -0.1) is 11.3 Å². The number of H-pyrrole nitrogens is 1. The highest BCUT2D eigenvalue weighted by Gasteiger charge is 2.14. The molecule has 4 aromatic rings. The summed E-state index contributed by atoms with van der Waals surface area (Å²) >= 11 is 8.45. The standard InChI is InChI=1S/C21H16ClN3O2S2/c1-12-2-4-13(5-3-12)16-10-28-20-18(16)19(27)24-21(25-20)29-11-17(26)23-15-8-6-14(22)7-9-15/h2-10H,11H2,1H3,(H,23,26)(H,24,25,27). The van der Waals surface area contributed by atoms with Crippen molar-refractivity contribution >= 4 is 56.5 Å². The first-order valence-electron chi connectivity index (χ1n) is 8.76. The topological polar surface area (TPSA) is 74.8 Å². The van der Waals surface area contributed by atoms with Crippen LogP contribution in [0, 0.1) is 6.92 Å². The van der Waals surface area contributed by atoms with E-state index >= 15 is 0 Å². The van der Waals surface area contributed by atoms with E-state index in [1.54, 1.807) is 24.3 Å². The molecule has 0 unspecified atom stereocenters. The van der Waals surface area contributed by atoms with Crippen LogP contribution in [0.5, 0.6) is 0 Å². The molecule has 146 valence electrons. The molecule has 4 rings (SSSR count). The van der Waals surface area contributed by atoms with Gasteiger partial charge < -0.3 is 10.3 Å². The smallest absolute Gasteiger partial charge is 0.260 e. The molecule has 0 atom stereocenters. The Labute approximate surface area is 180 Å². The van der Waals surface area contributed by atoms with Crippen LogP contribution in [0.4, 0.5) is 5.69 Å². The van der Waals surface area contributed by atoms with Crippen molar-refractivity contribution in [3.63, 3.8) is 0 Å². The highest BCUT2D eigenvalue weighted by Crippen LogP contribution is 2.31. The molecule has 0 aliphatic heterocycles. The number of rotatable bonds is 5. The summed E-state index contributed by atoms with van der Waals surface area (Å²) in [5.41, 5.74) is 3.48. The first kappa shape index (κ1) is 19.7. The van der Waals surface area contributed by atoms with Gasteiger partial charge in [0.1, 0.15) is 4.83 Å². The van der Waals surface area contributed by atoms with Crippen LogP contribution in [0.15, 0.2) is 63.9 Å². The van der Waals surface area contributed by atoms with Gasteiger partial charge in [-0.05, 0) is 36.8 Å². The molecule has 0 radical (unpaired) electrons. The van der Waals surface area contributed by atoms with E-state index in [4.69, 9.17) is 11.6 Å². The molecule has 8 heteroatoms. The lowest BCUT2D eigenvalue weighted by Crippen LogP contribution is -2.15. The van der Waals surface area contributed by atoms with Gasteiger partial charge in [0.15, 0.2) is 5.16 Å². The average Bonchev–Trinajstić information content (AvgIpc) is 3.13. The molecule has 2 aromatic heterocycles. The molecular formula is C21H16ClN3O2S2. The Hall–Kier alpha value is -2.61. The highest BCUT2D eigenvalue weighted by molar-refractivity contribution is 7.99. The number of thiophene rings is 1. The summed E-state index contributed by atoms with van der Waals surface area (Å²) in [6, 6.07) is 14.9. The van der Waals surface area contributed by atoms with E-state index in [1.807, 2.05) is 36.6 Å². The average molecular weight is 442 g/mol. The van der Waals surface area contributed by atoms with E-state index in [0.29, 0.717) is 26.1 Å². The van der Waals surface area contributed by atoms with Crippen LogP contribution in [0.25, 0.3) is 21.3 Å². The quantitative estimate of drug-likeness (QED) is 0.323. The Kier molecular flexibility index (Phi) is 5.71. The summed E-state index contributed by atoms with van der Waals surface area (Å²) in [5, 5.41) is 6.33. The zero-order valence-electron chi connectivity index (χ0n) is 15.4. The number of hydrogen-bond donors (Lipinski definition) is 2. The van der Waals surface area contributed by atoms with Crippen LogP contribution in [-0.4, -0.2) is 21.6 Å². The van der Waals surface area contributed by atoms with Gasteiger partial charge in [-0.25, -0.2) is 4.98 Å². The van der Waals surface area contributed by atoms with Gasteiger partial charge in [-0.1, -0.05) is 53.2 Å². The van der Waals surface area contributed by atoms with Gasteiger partial charge in [0.05, 0.1) is 11.1 Å². The van der Waals surface area contributed by atoms with Gasteiger partial charge in [-0.3, -0.25) is 9.59 Å². The number of nitrogens with zero attached hydrogens (tertiary/aromatic N) is 1. The van der Waals surface area contributed by atoms with Crippen LogP contribution >= 0.6 is 34.7 Å². The van der Waals surface area contributed by atoms with Crippen LogP contribution in [-0.2, 0) is 4.79 Å². The first-order chi connectivity index (χ1) is 14.0. The van der Waals surface area contributed by atoms with Gasteiger partial charge in [0, 0.05) is 21.7 Å². The Balaban J connectivity index is 1.50. The minimum atomic E-state index is -0.201. The summed E-state index contributed by atoms with van der Waals surface area (Å²) in [6.45, 7) is 2.02. The number of halogens is 1. The number of fused-ring (bicyclic) bond motifs is 1. The molecule has 0 bridgehead atoms. The number of carbonyl (C=O) groups is 1. The molecule has 0 saturated carbocycles. The lowest BCUT2D eigenvalue weighted by atomic mass is 10.1. The van der Waals surface area contributed by atoms with Crippen molar-refractivity contribution in [1.82, 2.24) is 9.97 Å². The molecule has 0 aliphatic carbocycles. The highest BCUT2D eigenvalue weighted by atomic mass is 35.5. The molecule has 2 N–H and O–H groups in total. The molecule has 5 nitrogen and oxygen atoms in total. The minimum Gasteiger partial charge on any atom is -0.325 e. The lowest BCUT2D eigenvalue weighted by molar-refractivity contribution is -0.113. The predicted molar refractivity (Wildman–Crippen MR) is 121 cm³/mol. The lowest BCUT2D eigenvalue weighted by Gasteiger charge is -2.05. The Bertz CT molecular complexity index is 1230. The number of benzene rings is 2. The zero-order valence-corrected chi connectivity index (χ0v) is 17.8. The molecule has 2 aromatic carbocycles. The van der Waals surface area contributed by atoms with Gasteiger partial charge >= 0.3 is 0 Å². The fourth-order valence-corrected chi connectivity index (χ4v) is 4.60. The molecular weight excluding hydrogens is 426 g/mol. The van der Waals surface area contributed by atoms with Crippen LogP contribution < -0.4 is 10.9 Å². The number of thioether (sulfide) groups is 1. The molecule has 29 heavy (non-hydrogen) atoms. The molecule has 0 saturated heterocycles. The molecule has 0 spiro atoms. The van der Waals surface area contributed by atoms with E-state index in [9.17, 15) is 9.59 Å². The molecule has 0 aliphatic rings. The second kappa shape index (κ2) is 8.41. The minimum absolute atomic E-state index is 0.132.